The molecule has 0 radical (unpaired) electrons. The molecule has 182 valence electrons. The van der Waals surface area contributed by atoms with Crippen molar-refractivity contribution >= 4 is 58.7 Å². The first-order valence-corrected chi connectivity index (χ1v) is 10.7. The average molecular weight is 543 g/mol. The predicted molar refractivity (Wildman–Crippen MR) is 126 cm³/mol. The van der Waals surface area contributed by atoms with Gasteiger partial charge in [0.15, 0.2) is 5.76 Å². The molecule has 0 atom stereocenters. The largest absolute Gasteiger partial charge is 1.00 e. The number of carboxylic acid groups (broad SMARTS) is 1. The number of benzene rings is 2. The van der Waals surface area contributed by atoms with Crippen LogP contribution in [-0.4, -0.2) is 41.4 Å². The van der Waals surface area contributed by atoms with E-state index in [0.717, 1.165) is 10.6 Å². The van der Waals surface area contributed by atoms with Gasteiger partial charge in [-0.05, 0) is 30.7 Å². The van der Waals surface area contributed by atoms with E-state index >= 15 is 0 Å². The quantitative estimate of drug-likeness (QED) is 0.212. The van der Waals surface area contributed by atoms with Crippen LogP contribution in [0, 0.1) is 17.0 Å². The number of anilines is 2. The van der Waals surface area contributed by atoms with Crippen LogP contribution in [0.1, 0.15) is 21.7 Å². The number of halogens is 2. The van der Waals surface area contributed by atoms with Crippen LogP contribution in [0.25, 0.3) is 0 Å². The fraction of sp³-hybridized carbons (Fsp3) is 0.136. The summed E-state index contributed by atoms with van der Waals surface area (Å²) >= 11 is 12.2. The summed E-state index contributed by atoms with van der Waals surface area (Å²) in [6.07, 6.45) is 0.678. The Morgan fingerprint density at radius 1 is 1.19 bits per heavy atom. The number of aryl methyl sites for hydroxylation is 1. The number of ether oxygens (including phenoxy) is 1. The monoisotopic (exact) mass is 542 g/mol. The number of cyclic esters (lactones) is 1. The number of carboxylic acids is 1. The minimum absolute atomic E-state index is 0. The Labute approximate surface area is 237 Å². The molecule has 11 nitrogen and oxygen atoms in total. The van der Waals surface area contributed by atoms with E-state index in [1.165, 1.54) is 24.4 Å². The zero-order chi connectivity index (χ0) is 25.5. The standard InChI is InChI=1S/C14H11Cl2NO2.C8H7N3O5.Na/c1-8-6-7-10(15)13(12(8)16)17-11-5-3-2-4-9(11)14(18)19;12-8-10(3-4-15-8)9-5-6-1-2-7(16-6)11(13)14;/h2-7,17H,1H3,(H,18,19);1-2,5H,3-4H2;/q;;+1/p-1. The molecule has 36 heavy (non-hydrogen) atoms. The molecule has 0 aliphatic carbocycles. The number of hydrazone groups is 1. The Hall–Kier alpha value is -3.09. The van der Waals surface area contributed by atoms with E-state index in [2.05, 4.69) is 15.2 Å². The summed E-state index contributed by atoms with van der Waals surface area (Å²) in [7, 11) is 0. The number of rotatable bonds is 6. The number of hydrogen-bond acceptors (Lipinski definition) is 9. The first-order valence-electron chi connectivity index (χ1n) is 9.92. The molecule has 4 rings (SSSR count). The van der Waals surface area contributed by atoms with Crippen molar-refractivity contribution in [1.29, 1.82) is 0 Å². The van der Waals surface area contributed by atoms with Crippen LogP contribution in [0.4, 0.5) is 22.1 Å². The molecule has 0 unspecified atom stereocenters. The number of amides is 1. The molecule has 1 aromatic heterocycles. The van der Waals surface area contributed by atoms with Crippen molar-refractivity contribution in [1.82, 2.24) is 5.01 Å². The molecule has 14 heteroatoms. The second kappa shape index (κ2) is 13.3. The van der Waals surface area contributed by atoms with Gasteiger partial charge < -0.3 is 24.4 Å². The number of furan rings is 1. The molecule has 0 spiro atoms. The van der Waals surface area contributed by atoms with Crippen molar-refractivity contribution in [3.05, 3.63) is 85.6 Å². The smallest absolute Gasteiger partial charge is 0.545 e. The molecular formula is C22H17Cl2N4NaO7. The second-order valence-corrected chi connectivity index (χ2v) is 7.71. The number of aromatic carboxylic acids is 1. The van der Waals surface area contributed by atoms with Crippen LogP contribution in [-0.2, 0) is 4.74 Å². The Morgan fingerprint density at radius 2 is 1.92 bits per heavy atom. The summed E-state index contributed by atoms with van der Waals surface area (Å²) in [6, 6.07) is 12.5. The zero-order valence-electron chi connectivity index (χ0n) is 19.1. The minimum Gasteiger partial charge on any atom is -0.545 e. The molecule has 1 N–H and O–H groups in total. The van der Waals surface area contributed by atoms with Crippen molar-refractivity contribution in [2.75, 3.05) is 18.5 Å². The average Bonchev–Trinajstić information content (AvgIpc) is 3.47. The Kier molecular flexibility index (Phi) is 10.8. The Balaban J connectivity index is 0.000000250. The molecular weight excluding hydrogens is 526 g/mol. The number of nitrogens with zero attached hydrogens (tertiary/aromatic N) is 3. The van der Waals surface area contributed by atoms with Crippen LogP contribution < -0.4 is 40.0 Å². The number of hydrogen-bond donors (Lipinski definition) is 1. The van der Waals surface area contributed by atoms with E-state index in [-0.39, 0.29) is 53.4 Å². The molecule has 0 bridgehead atoms. The SMILES string of the molecule is Cc1ccc(Cl)c(Nc2ccccc2C(=O)[O-])c1Cl.O=C1OCCN1N=Cc1ccc([N+](=O)[O-])o1.[Na+]. The topological polar surface area (TPSA) is 150 Å². The van der Waals surface area contributed by atoms with Gasteiger partial charge in [-0.1, -0.05) is 47.5 Å². The van der Waals surface area contributed by atoms with Crippen LogP contribution >= 0.6 is 23.2 Å². The molecule has 1 aliphatic heterocycles. The van der Waals surface area contributed by atoms with Crippen LogP contribution in [0.15, 0.2) is 58.0 Å². The van der Waals surface area contributed by atoms with Crippen molar-refractivity contribution in [3.8, 4) is 0 Å². The fourth-order valence-corrected chi connectivity index (χ4v) is 3.27. The Morgan fingerprint density at radius 3 is 2.53 bits per heavy atom. The maximum absolute atomic E-state index is 11.0. The molecule has 2 heterocycles. The number of nitro groups is 1. The number of para-hydroxylation sites is 1. The van der Waals surface area contributed by atoms with Gasteiger partial charge in [-0.3, -0.25) is 10.1 Å². The summed E-state index contributed by atoms with van der Waals surface area (Å²) in [5.41, 5.74) is 1.77. The first kappa shape index (κ1) is 29.1. The van der Waals surface area contributed by atoms with Crippen molar-refractivity contribution < 1.29 is 58.3 Å². The molecule has 1 saturated heterocycles. The molecule has 0 saturated carbocycles. The second-order valence-electron chi connectivity index (χ2n) is 6.93. The van der Waals surface area contributed by atoms with Gasteiger partial charge >= 0.3 is 41.5 Å². The van der Waals surface area contributed by atoms with E-state index in [4.69, 9.17) is 27.6 Å². The van der Waals surface area contributed by atoms with Crippen molar-refractivity contribution in [2.45, 2.75) is 6.92 Å². The third-order valence-corrected chi connectivity index (χ3v) is 5.35. The van der Waals surface area contributed by atoms with Crippen LogP contribution in [0.2, 0.25) is 10.0 Å². The molecule has 2 aromatic carbocycles. The van der Waals surface area contributed by atoms with Crippen LogP contribution in [0.5, 0.6) is 0 Å². The number of carbonyl (C=O) groups excluding carboxylic acids is 2. The summed E-state index contributed by atoms with van der Waals surface area (Å²) < 4.78 is 9.44. The van der Waals surface area contributed by atoms with Gasteiger partial charge in [-0.15, -0.1) is 0 Å². The summed E-state index contributed by atoms with van der Waals surface area (Å²) in [5, 5.41) is 30.0. The Bertz CT molecular complexity index is 1300. The predicted octanol–water partition coefficient (Wildman–Crippen LogP) is 1.39. The molecule has 3 aromatic rings. The van der Waals surface area contributed by atoms with Crippen LogP contribution in [0.3, 0.4) is 0 Å². The van der Waals surface area contributed by atoms with E-state index in [9.17, 15) is 24.8 Å². The minimum atomic E-state index is -1.26. The molecule has 1 amide bonds. The maximum atomic E-state index is 11.0. The normalized spacial score (nSPS) is 12.4. The fourth-order valence-electron chi connectivity index (χ4n) is 2.80. The van der Waals surface area contributed by atoms with Crippen molar-refractivity contribution in [3.63, 3.8) is 0 Å². The number of carbonyl (C=O) groups is 2. The van der Waals surface area contributed by atoms with Gasteiger partial charge in [0.1, 0.15) is 11.5 Å². The number of nitrogens with one attached hydrogen (secondary N) is 1. The third-order valence-electron chi connectivity index (χ3n) is 4.55. The summed E-state index contributed by atoms with van der Waals surface area (Å²) in [4.78, 5) is 31.6. The van der Waals surface area contributed by atoms with Gasteiger partial charge in [0.05, 0.1) is 40.5 Å². The summed E-state index contributed by atoms with van der Waals surface area (Å²) in [5.74, 6) is -1.43. The van der Waals surface area contributed by atoms with E-state index in [1.807, 2.05) is 6.92 Å². The van der Waals surface area contributed by atoms with Gasteiger partial charge in [-0.25, -0.2) is 4.79 Å². The maximum Gasteiger partial charge on any atom is 1.00 e. The van der Waals surface area contributed by atoms with E-state index < -0.39 is 17.0 Å². The van der Waals surface area contributed by atoms with Gasteiger partial charge in [0.25, 0.3) is 0 Å². The summed E-state index contributed by atoms with van der Waals surface area (Å²) in [6.45, 7) is 2.49. The molecule has 1 fully saturated rings. The molecule has 1 aliphatic rings. The van der Waals surface area contributed by atoms with Crippen molar-refractivity contribution in [2.24, 2.45) is 5.10 Å². The van der Waals surface area contributed by atoms with Gasteiger partial charge in [0.2, 0.25) is 0 Å². The zero-order valence-corrected chi connectivity index (χ0v) is 22.6. The van der Waals surface area contributed by atoms with Gasteiger partial charge in [0, 0.05) is 11.3 Å². The third kappa shape index (κ3) is 7.45. The first-order chi connectivity index (χ1) is 16.7. The van der Waals surface area contributed by atoms with E-state index in [1.54, 1.807) is 30.3 Å². The van der Waals surface area contributed by atoms with Gasteiger partial charge in [-0.2, -0.15) is 10.1 Å². The van der Waals surface area contributed by atoms with E-state index in [0.29, 0.717) is 28.0 Å².